The molecule has 0 unspecified atom stereocenters. The Bertz CT molecular complexity index is 677. The lowest BCUT2D eigenvalue weighted by molar-refractivity contribution is 0.0926. The number of benzene rings is 2. The molecule has 2 amide bonds. The van der Waals surface area contributed by atoms with Crippen LogP contribution in [0.4, 0.5) is 11.4 Å². The van der Waals surface area contributed by atoms with E-state index in [4.69, 9.17) is 17.3 Å². The molecule has 0 fully saturated rings. The molecule has 0 saturated heterocycles. The number of halogens is 1. The van der Waals surface area contributed by atoms with Gasteiger partial charge in [0.05, 0.1) is 27.5 Å². The molecular weight excluding hydrogens is 264 g/mol. The van der Waals surface area contributed by atoms with Crippen LogP contribution in [0, 0.1) is 0 Å². The van der Waals surface area contributed by atoms with Crippen LogP contribution >= 0.6 is 11.6 Å². The first-order valence-corrected chi connectivity index (χ1v) is 6.00. The van der Waals surface area contributed by atoms with E-state index in [0.717, 1.165) is 4.90 Å². The van der Waals surface area contributed by atoms with Gasteiger partial charge in [-0.2, -0.15) is 0 Å². The molecule has 2 aromatic rings. The van der Waals surface area contributed by atoms with E-state index in [-0.39, 0.29) is 11.8 Å². The number of nitrogens with zero attached hydrogens (tertiary/aromatic N) is 1. The van der Waals surface area contributed by atoms with Crippen LogP contribution in [-0.2, 0) is 0 Å². The molecule has 0 bridgehead atoms. The highest BCUT2D eigenvalue weighted by Gasteiger charge is 2.36. The first-order valence-electron chi connectivity index (χ1n) is 5.62. The van der Waals surface area contributed by atoms with Crippen molar-refractivity contribution < 1.29 is 9.59 Å². The number of rotatable bonds is 1. The van der Waals surface area contributed by atoms with Crippen molar-refractivity contribution in [1.29, 1.82) is 0 Å². The molecule has 2 N–H and O–H groups in total. The minimum atomic E-state index is -0.345. The van der Waals surface area contributed by atoms with E-state index in [2.05, 4.69) is 0 Å². The summed E-state index contributed by atoms with van der Waals surface area (Å²) in [6.45, 7) is 0. The minimum absolute atomic E-state index is 0.329. The Balaban J connectivity index is 2.11. The number of imide groups is 1. The molecule has 4 nitrogen and oxygen atoms in total. The highest BCUT2D eigenvalue weighted by Crippen LogP contribution is 2.31. The maximum Gasteiger partial charge on any atom is 0.266 e. The number of hydrogen-bond acceptors (Lipinski definition) is 3. The lowest BCUT2D eigenvalue weighted by atomic mass is 10.1. The summed E-state index contributed by atoms with van der Waals surface area (Å²) in [6, 6.07) is 11.4. The first-order chi connectivity index (χ1) is 9.09. The van der Waals surface area contributed by atoms with Crippen molar-refractivity contribution in [2.24, 2.45) is 0 Å². The van der Waals surface area contributed by atoms with Crippen LogP contribution in [-0.4, -0.2) is 11.8 Å². The topological polar surface area (TPSA) is 63.4 Å². The molecule has 0 saturated carbocycles. The van der Waals surface area contributed by atoms with E-state index in [1.807, 2.05) is 0 Å². The van der Waals surface area contributed by atoms with Gasteiger partial charge in [-0.3, -0.25) is 9.59 Å². The van der Waals surface area contributed by atoms with Crippen LogP contribution in [0.15, 0.2) is 42.5 Å². The van der Waals surface area contributed by atoms with Crippen LogP contribution in [0.1, 0.15) is 20.7 Å². The molecule has 0 spiro atoms. The second kappa shape index (κ2) is 4.10. The number of hydrogen-bond donors (Lipinski definition) is 1. The van der Waals surface area contributed by atoms with Crippen molar-refractivity contribution in [2.45, 2.75) is 0 Å². The van der Waals surface area contributed by atoms with Gasteiger partial charge in [0.2, 0.25) is 0 Å². The highest BCUT2D eigenvalue weighted by atomic mass is 35.5. The average Bonchev–Trinajstić information content (AvgIpc) is 2.66. The van der Waals surface area contributed by atoms with Gasteiger partial charge in [-0.05, 0) is 30.3 Å². The minimum Gasteiger partial charge on any atom is -0.397 e. The number of nitrogens with two attached hydrogens (primary N) is 1. The fourth-order valence-electron chi connectivity index (χ4n) is 2.09. The monoisotopic (exact) mass is 272 g/mol. The molecule has 3 rings (SSSR count). The maximum atomic E-state index is 12.2. The summed E-state index contributed by atoms with van der Waals surface area (Å²) in [5.74, 6) is -0.690. The number of fused-ring (bicyclic) bond motifs is 1. The molecule has 0 aromatic heterocycles. The molecular formula is C14H9ClN2O2. The SMILES string of the molecule is Nc1cc(N2C(=O)c3ccccc3C2=O)ccc1Cl. The number of carbonyl (C=O) groups excluding carboxylic acids is 2. The van der Waals surface area contributed by atoms with E-state index in [1.54, 1.807) is 36.4 Å². The second-order valence-corrected chi connectivity index (χ2v) is 4.60. The fraction of sp³-hybridized carbons (Fsp3) is 0. The van der Waals surface area contributed by atoms with Gasteiger partial charge in [0.15, 0.2) is 0 Å². The molecule has 0 radical (unpaired) electrons. The van der Waals surface area contributed by atoms with Gasteiger partial charge < -0.3 is 5.73 Å². The zero-order valence-electron chi connectivity index (χ0n) is 9.76. The first kappa shape index (κ1) is 11.7. The van der Waals surface area contributed by atoms with Crippen molar-refractivity contribution in [3.63, 3.8) is 0 Å². The number of nitrogen functional groups attached to an aromatic ring is 1. The maximum absolute atomic E-state index is 12.2. The van der Waals surface area contributed by atoms with Gasteiger partial charge in [-0.25, -0.2) is 4.90 Å². The molecule has 0 atom stereocenters. The Kier molecular flexibility index (Phi) is 2.54. The van der Waals surface area contributed by atoms with Gasteiger partial charge >= 0.3 is 0 Å². The van der Waals surface area contributed by atoms with Gasteiger partial charge in [0.25, 0.3) is 11.8 Å². The van der Waals surface area contributed by atoms with Gasteiger partial charge in [0.1, 0.15) is 0 Å². The number of anilines is 2. The van der Waals surface area contributed by atoms with Crippen LogP contribution < -0.4 is 10.6 Å². The predicted octanol–water partition coefficient (Wildman–Crippen LogP) is 2.72. The zero-order valence-corrected chi connectivity index (χ0v) is 10.5. The van der Waals surface area contributed by atoms with Crippen molar-refractivity contribution in [3.8, 4) is 0 Å². The molecule has 94 valence electrons. The number of amides is 2. The molecule has 5 heteroatoms. The Morgan fingerprint density at radius 1 is 0.947 bits per heavy atom. The van der Waals surface area contributed by atoms with Crippen molar-refractivity contribution in [1.82, 2.24) is 0 Å². The molecule has 1 aliphatic heterocycles. The third-order valence-corrected chi connectivity index (χ3v) is 3.38. The average molecular weight is 273 g/mol. The normalized spacial score (nSPS) is 13.8. The predicted molar refractivity (Wildman–Crippen MR) is 73.4 cm³/mol. The molecule has 2 aromatic carbocycles. The Morgan fingerprint density at radius 2 is 1.53 bits per heavy atom. The van der Waals surface area contributed by atoms with Gasteiger partial charge in [-0.1, -0.05) is 23.7 Å². The van der Waals surface area contributed by atoms with Crippen LogP contribution in [0.3, 0.4) is 0 Å². The summed E-state index contributed by atoms with van der Waals surface area (Å²) < 4.78 is 0. The summed E-state index contributed by atoms with van der Waals surface area (Å²) in [5, 5.41) is 0.389. The highest BCUT2D eigenvalue weighted by molar-refractivity contribution is 6.35. The van der Waals surface area contributed by atoms with Gasteiger partial charge in [-0.15, -0.1) is 0 Å². The Morgan fingerprint density at radius 3 is 2.05 bits per heavy atom. The summed E-state index contributed by atoms with van der Waals surface area (Å²) in [4.78, 5) is 25.6. The quantitative estimate of drug-likeness (QED) is 0.641. The molecule has 19 heavy (non-hydrogen) atoms. The summed E-state index contributed by atoms with van der Waals surface area (Å²) in [5.41, 5.74) is 7.26. The lowest BCUT2D eigenvalue weighted by Crippen LogP contribution is -2.29. The number of carbonyl (C=O) groups is 2. The fourth-order valence-corrected chi connectivity index (χ4v) is 2.21. The Hall–Kier alpha value is -2.33. The van der Waals surface area contributed by atoms with Crippen LogP contribution in [0.2, 0.25) is 5.02 Å². The van der Waals surface area contributed by atoms with Gasteiger partial charge in [0, 0.05) is 0 Å². The van der Waals surface area contributed by atoms with E-state index >= 15 is 0 Å². The second-order valence-electron chi connectivity index (χ2n) is 4.20. The molecule has 0 aliphatic carbocycles. The van der Waals surface area contributed by atoms with Crippen LogP contribution in [0.25, 0.3) is 0 Å². The van der Waals surface area contributed by atoms with Crippen LogP contribution in [0.5, 0.6) is 0 Å². The smallest absolute Gasteiger partial charge is 0.266 e. The molecule has 1 heterocycles. The largest absolute Gasteiger partial charge is 0.397 e. The van der Waals surface area contributed by atoms with Crippen molar-refractivity contribution in [2.75, 3.05) is 10.6 Å². The molecule has 1 aliphatic rings. The summed E-state index contributed by atoms with van der Waals surface area (Å²) >= 11 is 5.84. The summed E-state index contributed by atoms with van der Waals surface area (Å²) in [7, 11) is 0. The zero-order chi connectivity index (χ0) is 13.6. The third-order valence-electron chi connectivity index (χ3n) is 3.03. The van der Waals surface area contributed by atoms with Crippen molar-refractivity contribution in [3.05, 3.63) is 58.6 Å². The third kappa shape index (κ3) is 1.69. The Labute approximate surface area is 114 Å². The van der Waals surface area contributed by atoms with E-state index in [9.17, 15) is 9.59 Å². The van der Waals surface area contributed by atoms with Crippen molar-refractivity contribution >= 4 is 34.8 Å². The van der Waals surface area contributed by atoms with E-state index < -0.39 is 0 Å². The standard InChI is InChI=1S/C14H9ClN2O2/c15-11-6-5-8(7-12(11)16)17-13(18)9-3-1-2-4-10(9)14(17)19/h1-7H,16H2. The summed E-state index contributed by atoms with van der Waals surface area (Å²) in [6.07, 6.45) is 0. The lowest BCUT2D eigenvalue weighted by Gasteiger charge is -2.14. The van der Waals surface area contributed by atoms with E-state index in [1.165, 1.54) is 6.07 Å². The van der Waals surface area contributed by atoms with E-state index in [0.29, 0.717) is 27.5 Å².